The van der Waals surface area contributed by atoms with Gasteiger partial charge < -0.3 is 10.1 Å². The highest BCUT2D eigenvalue weighted by Gasteiger charge is 2.52. The number of rotatable bonds is 7. The Balaban J connectivity index is 1.18. The first kappa shape index (κ1) is 19.2. The van der Waals surface area contributed by atoms with Crippen LogP contribution in [0.4, 0.5) is 0 Å². The zero-order valence-corrected chi connectivity index (χ0v) is 18.0. The van der Waals surface area contributed by atoms with Gasteiger partial charge >= 0.3 is 0 Å². The zero-order valence-electron chi connectivity index (χ0n) is 18.0. The first-order chi connectivity index (χ1) is 14.1. The first-order valence-corrected chi connectivity index (χ1v) is 11.6. The van der Waals surface area contributed by atoms with Crippen LogP contribution in [-0.4, -0.2) is 6.04 Å². The van der Waals surface area contributed by atoms with Gasteiger partial charge in [-0.3, -0.25) is 0 Å². The van der Waals surface area contributed by atoms with Crippen LogP contribution in [0, 0.1) is 30.1 Å². The zero-order chi connectivity index (χ0) is 19.8. The Hall–Kier alpha value is -1.80. The van der Waals surface area contributed by atoms with Crippen LogP contribution in [0.15, 0.2) is 48.5 Å². The highest BCUT2D eigenvalue weighted by atomic mass is 16.5. The number of hydrogen-bond donors (Lipinski definition) is 1. The minimum absolute atomic E-state index is 0.564. The number of benzene rings is 2. The van der Waals surface area contributed by atoms with Crippen LogP contribution in [-0.2, 0) is 13.2 Å². The molecule has 2 aromatic carbocycles. The van der Waals surface area contributed by atoms with Gasteiger partial charge in [-0.1, -0.05) is 42.0 Å². The lowest BCUT2D eigenvalue weighted by atomic mass is 9.48. The molecule has 2 nitrogen and oxygen atoms in total. The summed E-state index contributed by atoms with van der Waals surface area (Å²) in [6.07, 6.45) is 8.96. The quantitative estimate of drug-likeness (QED) is 0.603. The van der Waals surface area contributed by atoms with Crippen molar-refractivity contribution in [1.29, 1.82) is 0 Å². The van der Waals surface area contributed by atoms with Crippen molar-refractivity contribution >= 4 is 0 Å². The van der Waals surface area contributed by atoms with Gasteiger partial charge in [-0.2, -0.15) is 0 Å². The second kappa shape index (κ2) is 7.80. The van der Waals surface area contributed by atoms with Crippen LogP contribution in [0.5, 0.6) is 5.75 Å². The molecule has 4 saturated carbocycles. The molecule has 6 rings (SSSR count). The van der Waals surface area contributed by atoms with Gasteiger partial charge in [0, 0.05) is 12.6 Å². The third-order valence-electron chi connectivity index (χ3n) is 8.04. The van der Waals surface area contributed by atoms with Gasteiger partial charge in [0.25, 0.3) is 0 Å². The molecular weight excluding hydrogens is 354 g/mol. The summed E-state index contributed by atoms with van der Waals surface area (Å²) in [4.78, 5) is 0. The Morgan fingerprint density at radius 2 is 1.59 bits per heavy atom. The third kappa shape index (κ3) is 4.10. The molecule has 0 radical (unpaired) electrons. The van der Waals surface area contributed by atoms with E-state index in [2.05, 4.69) is 67.7 Å². The Morgan fingerprint density at radius 3 is 2.24 bits per heavy atom. The maximum atomic E-state index is 6.05. The largest absolute Gasteiger partial charge is 0.489 e. The van der Waals surface area contributed by atoms with Crippen LogP contribution >= 0.6 is 0 Å². The summed E-state index contributed by atoms with van der Waals surface area (Å²) < 4.78 is 6.05. The van der Waals surface area contributed by atoms with E-state index in [4.69, 9.17) is 4.74 Å². The molecule has 29 heavy (non-hydrogen) atoms. The maximum absolute atomic E-state index is 6.05. The van der Waals surface area contributed by atoms with Crippen molar-refractivity contribution < 1.29 is 4.74 Å². The maximum Gasteiger partial charge on any atom is 0.120 e. The van der Waals surface area contributed by atoms with Crippen LogP contribution in [0.3, 0.4) is 0 Å². The highest BCUT2D eigenvalue weighted by molar-refractivity contribution is 5.29. The van der Waals surface area contributed by atoms with Gasteiger partial charge in [-0.15, -0.1) is 0 Å². The molecule has 2 aromatic rings. The minimum Gasteiger partial charge on any atom is -0.489 e. The number of hydrogen-bond acceptors (Lipinski definition) is 2. The Morgan fingerprint density at radius 1 is 0.931 bits per heavy atom. The molecule has 4 aliphatic carbocycles. The van der Waals surface area contributed by atoms with E-state index >= 15 is 0 Å². The second-order valence-corrected chi connectivity index (χ2v) is 10.3. The van der Waals surface area contributed by atoms with Crippen molar-refractivity contribution in [3.8, 4) is 5.75 Å². The molecule has 0 aromatic heterocycles. The van der Waals surface area contributed by atoms with E-state index in [1.165, 1.54) is 55.2 Å². The summed E-state index contributed by atoms with van der Waals surface area (Å²) in [6.45, 7) is 6.13. The fraction of sp³-hybridized carbons (Fsp3) is 0.556. The van der Waals surface area contributed by atoms with Crippen LogP contribution in [0.2, 0.25) is 0 Å². The van der Waals surface area contributed by atoms with Crippen molar-refractivity contribution in [1.82, 2.24) is 5.32 Å². The number of aryl methyl sites for hydroxylation is 1. The van der Waals surface area contributed by atoms with E-state index in [0.29, 0.717) is 18.1 Å². The van der Waals surface area contributed by atoms with E-state index in [1.807, 2.05) is 0 Å². The average molecular weight is 390 g/mol. The Kier molecular flexibility index (Phi) is 5.16. The summed E-state index contributed by atoms with van der Waals surface area (Å²) in [5, 5.41) is 3.91. The van der Waals surface area contributed by atoms with Crippen LogP contribution < -0.4 is 10.1 Å². The van der Waals surface area contributed by atoms with Crippen molar-refractivity contribution in [3.05, 3.63) is 65.2 Å². The molecule has 0 aliphatic heterocycles. The van der Waals surface area contributed by atoms with E-state index in [0.717, 1.165) is 30.0 Å². The first-order valence-electron chi connectivity index (χ1n) is 11.6. The highest BCUT2D eigenvalue weighted by Crippen LogP contribution is 2.61. The minimum atomic E-state index is 0.564. The van der Waals surface area contributed by atoms with E-state index in [9.17, 15) is 0 Å². The van der Waals surface area contributed by atoms with E-state index < -0.39 is 0 Å². The standard InChI is InChI=1S/C27H35NO/c1-19-6-8-21(9-7-19)18-29-26-5-3-4-22(13-26)17-28-20(2)27-14-23-10-24(15-27)12-25(11-23)16-27/h3-9,13,20,23-25,28H,10-12,14-18H2,1-2H3. The van der Waals surface area contributed by atoms with Crippen LogP contribution in [0.25, 0.3) is 0 Å². The molecule has 4 aliphatic rings. The van der Waals surface area contributed by atoms with E-state index in [-0.39, 0.29) is 0 Å². The lowest BCUT2D eigenvalue weighted by Crippen LogP contribution is -2.54. The predicted molar refractivity (Wildman–Crippen MR) is 119 cm³/mol. The molecule has 1 atom stereocenters. The summed E-state index contributed by atoms with van der Waals surface area (Å²) >= 11 is 0. The summed E-state index contributed by atoms with van der Waals surface area (Å²) in [5.41, 5.74) is 4.39. The average Bonchev–Trinajstić information content (AvgIpc) is 2.71. The molecule has 0 spiro atoms. The lowest BCUT2D eigenvalue weighted by molar-refractivity contribution is -0.0706. The van der Waals surface area contributed by atoms with E-state index in [1.54, 1.807) is 0 Å². The Labute approximate surface area is 176 Å². The molecular formula is C27H35NO. The van der Waals surface area contributed by atoms with Gasteiger partial charge in [0.15, 0.2) is 0 Å². The van der Waals surface area contributed by atoms with Gasteiger partial charge in [0.1, 0.15) is 12.4 Å². The number of ether oxygens (including phenoxy) is 1. The molecule has 0 amide bonds. The molecule has 0 saturated heterocycles. The topological polar surface area (TPSA) is 21.3 Å². The fourth-order valence-electron chi connectivity index (χ4n) is 6.79. The summed E-state index contributed by atoms with van der Waals surface area (Å²) in [6, 6.07) is 17.8. The van der Waals surface area contributed by atoms with Gasteiger partial charge in [-0.05, 0) is 98.8 Å². The van der Waals surface area contributed by atoms with Gasteiger partial charge in [-0.25, -0.2) is 0 Å². The molecule has 1 N–H and O–H groups in total. The molecule has 154 valence electrons. The van der Waals surface area contributed by atoms with Gasteiger partial charge in [0.05, 0.1) is 0 Å². The summed E-state index contributed by atoms with van der Waals surface area (Å²) in [7, 11) is 0. The molecule has 4 fully saturated rings. The van der Waals surface area contributed by atoms with Crippen molar-refractivity contribution in [2.75, 3.05) is 0 Å². The predicted octanol–water partition coefficient (Wildman–Crippen LogP) is 6.27. The molecule has 1 unspecified atom stereocenters. The van der Waals surface area contributed by atoms with Crippen molar-refractivity contribution in [2.45, 2.75) is 71.6 Å². The summed E-state index contributed by atoms with van der Waals surface area (Å²) in [5.74, 6) is 4.02. The lowest BCUT2D eigenvalue weighted by Gasteiger charge is -2.59. The smallest absolute Gasteiger partial charge is 0.120 e. The molecule has 2 heteroatoms. The third-order valence-corrected chi connectivity index (χ3v) is 8.04. The SMILES string of the molecule is Cc1ccc(COc2cccc(CNC(C)C34CC5CC(CC(C5)C3)C4)c2)cc1. The van der Waals surface area contributed by atoms with Gasteiger partial charge in [0.2, 0.25) is 0 Å². The van der Waals surface area contributed by atoms with Crippen molar-refractivity contribution in [3.63, 3.8) is 0 Å². The molecule has 0 heterocycles. The monoisotopic (exact) mass is 389 g/mol. The number of nitrogens with one attached hydrogen (secondary N) is 1. The van der Waals surface area contributed by atoms with Crippen LogP contribution in [0.1, 0.15) is 62.1 Å². The Bertz CT molecular complexity index is 805. The fourth-order valence-corrected chi connectivity index (χ4v) is 6.79. The van der Waals surface area contributed by atoms with Crippen molar-refractivity contribution in [2.24, 2.45) is 23.2 Å². The normalized spacial score (nSPS) is 31.0. The molecule has 4 bridgehead atoms. The second-order valence-electron chi connectivity index (χ2n) is 10.3.